The number of para-hydroxylation sites is 1. The fourth-order valence-electron chi connectivity index (χ4n) is 2.68. The van der Waals surface area contributed by atoms with Crippen LogP contribution in [0.5, 0.6) is 5.75 Å². The van der Waals surface area contributed by atoms with Crippen molar-refractivity contribution in [1.29, 1.82) is 0 Å². The summed E-state index contributed by atoms with van der Waals surface area (Å²) in [5, 5.41) is 4.24. The Morgan fingerprint density at radius 3 is 2.72 bits per heavy atom. The normalized spacial score (nSPS) is 10.5. The van der Waals surface area contributed by atoms with Gasteiger partial charge in [-0.3, -0.25) is 4.98 Å². The van der Waals surface area contributed by atoms with Gasteiger partial charge in [0.1, 0.15) is 11.3 Å². The van der Waals surface area contributed by atoms with E-state index in [-0.39, 0.29) is 0 Å². The molecule has 3 aromatic rings. The maximum absolute atomic E-state index is 12.4. The minimum atomic E-state index is -0.394. The van der Waals surface area contributed by atoms with Crippen LogP contribution in [0.1, 0.15) is 22.8 Å². The summed E-state index contributed by atoms with van der Waals surface area (Å²) >= 11 is 0. The first kappa shape index (κ1) is 16.8. The van der Waals surface area contributed by atoms with E-state index in [0.717, 1.165) is 27.9 Å². The van der Waals surface area contributed by atoms with Gasteiger partial charge in [-0.15, -0.1) is 0 Å². The number of hydrogen-bond donors (Lipinski definition) is 1. The number of benzene rings is 2. The Bertz CT molecular complexity index is 922. The summed E-state index contributed by atoms with van der Waals surface area (Å²) in [4.78, 5) is 16.7. The highest BCUT2D eigenvalue weighted by Crippen LogP contribution is 2.31. The molecule has 0 saturated carbocycles. The summed E-state index contributed by atoms with van der Waals surface area (Å²) in [6.07, 6.45) is 1.56. The molecule has 1 aromatic heterocycles. The number of esters is 1. The Morgan fingerprint density at radius 1 is 1.20 bits per heavy atom. The minimum absolute atomic E-state index is 0.312. The monoisotopic (exact) mass is 336 g/mol. The van der Waals surface area contributed by atoms with Crippen LogP contribution in [0.3, 0.4) is 0 Å². The average molecular weight is 336 g/mol. The molecule has 0 unspecified atom stereocenters. The summed E-state index contributed by atoms with van der Waals surface area (Å²) in [5.74, 6) is 0.391. The van der Waals surface area contributed by atoms with Gasteiger partial charge >= 0.3 is 5.97 Å². The van der Waals surface area contributed by atoms with Crippen molar-refractivity contribution in [3.05, 3.63) is 59.8 Å². The zero-order valence-corrected chi connectivity index (χ0v) is 14.5. The molecule has 2 aromatic carbocycles. The van der Waals surface area contributed by atoms with Crippen LogP contribution in [0.2, 0.25) is 0 Å². The Hall–Kier alpha value is -3.08. The van der Waals surface area contributed by atoms with Gasteiger partial charge in [0, 0.05) is 17.3 Å². The predicted molar refractivity (Wildman–Crippen MR) is 98.7 cm³/mol. The van der Waals surface area contributed by atoms with Crippen molar-refractivity contribution in [2.75, 3.05) is 19.0 Å². The molecule has 0 aliphatic carbocycles. The third kappa shape index (κ3) is 3.40. The molecule has 0 aliphatic rings. The molecular weight excluding hydrogens is 316 g/mol. The van der Waals surface area contributed by atoms with E-state index in [9.17, 15) is 4.79 Å². The maximum atomic E-state index is 12.4. The molecule has 5 heteroatoms. The van der Waals surface area contributed by atoms with E-state index in [0.29, 0.717) is 17.9 Å². The van der Waals surface area contributed by atoms with Gasteiger partial charge in [-0.2, -0.15) is 0 Å². The topological polar surface area (TPSA) is 60.5 Å². The largest absolute Gasteiger partial charge is 0.497 e. The number of rotatable bonds is 5. The van der Waals surface area contributed by atoms with E-state index in [1.807, 2.05) is 49.4 Å². The van der Waals surface area contributed by atoms with E-state index in [1.165, 1.54) is 0 Å². The number of aryl methyl sites for hydroxylation is 1. The molecule has 0 radical (unpaired) electrons. The maximum Gasteiger partial charge on any atom is 0.341 e. The standard InChI is InChI=1S/C20H20N2O3/c1-4-25-20(23)16-12-21-18-8-6-5-7-15(18)19(16)22-17-10-9-14(24-3)11-13(17)2/h5-12H,4H2,1-3H3,(H,21,22). The van der Waals surface area contributed by atoms with Gasteiger partial charge in [0.25, 0.3) is 0 Å². The third-order valence-electron chi connectivity index (χ3n) is 3.96. The number of fused-ring (bicyclic) bond motifs is 1. The first-order valence-corrected chi connectivity index (χ1v) is 8.10. The summed E-state index contributed by atoms with van der Waals surface area (Å²) in [5.41, 5.74) is 3.81. The molecule has 0 fully saturated rings. The number of ether oxygens (including phenoxy) is 2. The van der Waals surface area contributed by atoms with Gasteiger partial charge in [-0.05, 0) is 43.7 Å². The SMILES string of the molecule is CCOC(=O)c1cnc2ccccc2c1Nc1ccc(OC)cc1C. The lowest BCUT2D eigenvalue weighted by Crippen LogP contribution is -2.09. The number of hydrogen-bond acceptors (Lipinski definition) is 5. The summed E-state index contributed by atoms with van der Waals surface area (Å²) in [6, 6.07) is 13.4. The molecule has 0 saturated heterocycles. The molecule has 0 bridgehead atoms. The molecular formula is C20H20N2O3. The van der Waals surface area contributed by atoms with Crippen LogP contribution in [-0.4, -0.2) is 24.7 Å². The second-order valence-corrected chi connectivity index (χ2v) is 5.59. The predicted octanol–water partition coefficient (Wildman–Crippen LogP) is 4.47. The zero-order chi connectivity index (χ0) is 17.8. The van der Waals surface area contributed by atoms with Gasteiger partial charge in [-0.1, -0.05) is 18.2 Å². The van der Waals surface area contributed by atoms with Gasteiger partial charge < -0.3 is 14.8 Å². The van der Waals surface area contributed by atoms with E-state index < -0.39 is 5.97 Å². The Kier molecular flexibility index (Phi) is 4.84. The molecule has 5 nitrogen and oxygen atoms in total. The van der Waals surface area contributed by atoms with Gasteiger partial charge in [0.2, 0.25) is 0 Å². The summed E-state index contributed by atoms with van der Waals surface area (Å²) in [7, 11) is 1.64. The van der Waals surface area contributed by atoms with Crippen LogP contribution in [0.25, 0.3) is 10.9 Å². The smallest absolute Gasteiger partial charge is 0.341 e. The van der Waals surface area contributed by atoms with Crippen LogP contribution in [0.4, 0.5) is 11.4 Å². The van der Waals surface area contributed by atoms with Crippen molar-refractivity contribution >= 4 is 28.2 Å². The number of methoxy groups -OCH3 is 1. The molecule has 0 atom stereocenters. The number of nitrogens with one attached hydrogen (secondary N) is 1. The number of carbonyl (C=O) groups excluding carboxylic acids is 1. The second kappa shape index (κ2) is 7.21. The molecule has 128 valence electrons. The Morgan fingerprint density at radius 2 is 2.00 bits per heavy atom. The van der Waals surface area contributed by atoms with Crippen LogP contribution in [-0.2, 0) is 4.74 Å². The molecule has 0 spiro atoms. The van der Waals surface area contributed by atoms with Crippen molar-refractivity contribution in [2.45, 2.75) is 13.8 Å². The Labute approximate surface area is 146 Å². The number of anilines is 2. The first-order chi connectivity index (χ1) is 12.1. The number of carbonyl (C=O) groups is 1. The van der Waals surface area contributed by atoms with E-state index in [4.69, 9.17) is 9.47 Å². The highest BCUT2D eigenvalue weighted by atomic mass is 16.5. The van der Waals surface area contributed by atoms with Crippen molar-refractivity contribution in [3.8, 4) is 5.75 Å². The fourth-order valence-corrected chi connectivity index (χ4v) is 2.68. The first-order valence-electron chi connectivity index (χ1n) is 8.10. The lowest BCUT2D eigenvalue weighted by Gasteiger charge is -2.16. The van der Waals surface area contributed by atoms with Crippen LogP contribution < -0.4 is 10.1 Å². The summed E-state index contributed by atoms with van der Waals surface area (Å²) < 4.78 is 10.4. The number of aromatic nitrogens is 1. The third-order valence-corrected chi connectivity index (χ3v) is 3.96. The minimum Gasteiger partial charge on any atom is -0.497 e. The zero-order valence-electron chi connectivity index (χ0n) is 14.5. The van der Waals surface area contributed by atoms with Crippen LogP contribution in [0, 0.1) is 6.92 Å². The lowest BCUT2D eigenvalue weighted by atomic mass is 10.1. The summed E-state index contributed by atoms with van der Waals surface area (Å²) in [6.45, 7) is 4.08. The van der Waals surface area contributed by atoms with Gasteiger partial charge in [0.05, 0.1) is 24.9 Å². The highest BCUT2D eigenvalue weighted by molar-refractivity contribution is 6.06. The van der Waals surface area contributed by atoms with Crippen molar-refractivity contribution in [1.82, 2.24) is 4.98 Å². The Balaban J connectivity index is 2.12. The van der Waals surface area contributed by atoms with E-state index in [1.54, 1.807) is 20.2 Å². The molecule has 25 heavy (non-hydrogen) atoms. The molecule has 1 N–H and O–H groups in total. The van der Waals surface area contributed by atoms with E-state index >= 15 is 0 Å². The quantitative estimate of drug-likeness (QED) is 0.697. The number of nitrogens with zero attached hydrogens (tertiary/aromatic N) is 1. The molecule has 3 rings (SSSR count). The lowest BCUT2D eigenvalue weighted by molar-refractivity contribution is 0.0527. The van der Waals surface area contributed by atoms with Crippen molar-refractivity contribution in [2.24, 2.45) is 0 Å². The second-order valence-electron chi connectivity index (χ2n) is 5.59. The van der Waals surface area contributed by atoms with Gasteiger partial charge in [0.15, 0.2) is 0 Å². The van der Waals surface area contributed by atoms with Crippen molar-refractivity contribution < 1.29 is 14.3 Å². The number of pyridine rings is 1. The molecule has 0 aliphatic heterocycles. The average Bonchev–Trinajstić information content (AvgIpc) is 2.63. The van der Waals surface area contributed by atoms with Gasteiger partial charge in [-0.25, -0.2) is 4.79 Å². The van der Waals surface area contributed by atoms with Crippen molar-refractivity contribution in [3.63, 3.8) is 0 Å². The fraction of sp³-hybridized carbons (Fsp3) is 0.200. The van der Waals surface area contributed by atoms with Crippen LogP contribution >= 0.6 is 0 Å². The van der Waals surface area contributed by atoms with Crippen LogP contribution in [0.15, 0.2) is 48.7 Å². The molecule has 0 amide bonds. The molecule has 1 heterocycles. The van der Waals surface area contributed by atoms with E-state index in [2.05, 4.69) is 10.3 Å². The highest BCUT2D eigenvalue weighted by Gasteiger charge is 2.17.